The Morgan fingerprint density at radius 3 is 2.93 bits per heavy atom. The quantitative estimate of drug-likeness (QED) is 0.667. The lowest BCUT2D eigenvalue weighted by Crippen LogP contribution is -2.44. The molecule has 2 fully saturated rings. The average Bonchev–Trinajstić information content (AvgIpc) is 2.57. The molecule has 14 heavy (non-hydrogen) atoms. The summed E-state index contributed by atoms with van der Waals surface area (Å²) in [6.45, 7) is 2.08. The number of hydrogen-bond acceptors (Lipinski definition) is 3. The highest BCUT2D eigenvalue weighted by Crippen LogP contribution is 2.48. The summed E-state index contributed by atoms with van der Waals surface area (Å²) in [7, 11) is 0. The molecule has 3 atom stereocenters. The van der Waals surface area contributed by atoms with Gasteiger partial charge in [0.1, 0.15) is 6.04 Å². The highest BCUT2D eigenvalue weighted by molar-refractivity contribution is 8.00. The van der Waals surface area contributed by atoms with Crippen LogP contribution in [0, 0.1) is 5.41 Å². The fourth-order valence-electron chi connectivity index (χ4n) is 2.43. The fraction of sp³-hybridized carbons (Fsp3) is 0.778. The zero-order chi connectivity index (χ0) is 10.3. The molecule has 0 radical (unpaired) electrons. The number of carbonyl (C=O) groups excluding carboxylic acids is 1. The molecule has 0 saturated carbocycles. The van der Waals surface area contributed by atoms with Gasteiger partial charge in [0.2, 0.25) is 5.91 Å². The maximum atomic E-state index is 11.2. The van der Waals surface area contributed by atoms with Crippen molar-refractivity contribution in [1.82, 2.24) is 5.32 Å². The lowest BCUT2D eigenvalue weighted by Gasteiger charge is -2.25. The first kappa shape index (κ1) is 9.83. The van der Waals surface area contributed by atoms with Crippen LogP contribution in [0.3, 0.4) is 0 Å². The third-order valence-electron chi connectivity index (χ3n) is 3.03. The second-order valence-electron chi connectivity index (χ2n) is 4.20. The molecule has 2 aliphatic heterocycles. The lowest BCUT2D eigenvalue weighted by atomic mass is 9.78. The summed E-state index contributed by atoms with van der Waals surface area (Å²) < 4.78 is 0. The summed E-state index contributed by atoms with van der Waals surface area (Å²) >= 11 is 1.76. The first-order valence-electron chi connectivity index (χ1n) is 4.67. The lowest BCUT2D eigenvalue weighted by molar-refractivity contribution is -0.142. The van der Waals surface area contributed by atoms with Crippen LogP contribution in [0.2, 0.25) is 0 Å². The van der Waals surface area contributed by atoms with Gasteiger partial charge in [-0.05, 0) is 6.42 Å². The summed E-state index contributed by atoms with van der Waals surface area (Å²) in [5.74, 6) is -0.234. The molecular formula is C9H13NO3S. The van der Waals surface area contributed by atoms with E-state index in [1.807, 2.05) is 0 Å². The number of amides is 1. The van der Waals surface area contributed by atoms with Gasteiger partial charge < -0.3 is 10.4 Å². The van der Waals surface area contributed by atoms with Gasteiger partial charge in [-0.2, -0.15) is 11.8 Å². The normalized spacial score (nSPS) is 41.6. The Labute approximate surface area is 86.4 Å². The van der Waals surface area contributed by atoms with Crippen molar-refractivity contribution in [1.29, 1.82) is 0 Å². The average molecular weight is 215 g/mol. The molecule has 2 heterocycles. The minimum absolute atomic E-state index is 0.118. The second-order valence-corrected chi connectivity index (χ2v) is 5.63. The number of rotatable bonds is 1. The summed E-state index contributed by atoms with van der Waals surface area (Å²) in [5, 5.41) is 12.0. The van der Waals surface area contributed by atoms with Crippen LogP contribution in [0.15, 0.2) is 0 Å². The van der Waals surface area contributed by atoms with E-state index in [0.717, 1.165) is 12.2 Å². The van der Waals surface area contributed by atoms with E-state index >= 15 is 0 Å². The van der Waals surface area contributed by atoms with Crippen LogP contribution in [0.5, 0.6) is 0 Å². The molecule has 0 bridgehead atoms. The van der Waals surface area contributed by atoms with Gasteiger partial charge >= 0.3 is 5.97 Å². The van der Waals surface area contributed by atoms with Crippen LogP contribution in [0.4, 0.5) is 0 Å². The summed E-state index contributed by atoms with van der Waals surface area (Å²) in [4.78, 5) is 22.2. The van der Waals surface area contributed by atoms with Gasteiger partial charge in [-0.1, -0.05) is 6.92 Å². The number of carboxylic acid groups (broad SMARTS) is 1. The van der Waals surface area contributed by atoms with Gasteiger partial charge in [0.15, 0.2) is 0 Å². The fourth-order valence-corrected chi connectivity index (χ4v) is 3.89. The molecule has 2 N–H and O–H groups in total. The zero-order valence-corrected chi connectivity index (χ0v) is 8.76. The Morgan fingerprint density at radius 1 is 1.71 bits per heavy atom. The van der Waals surface area contributed by atoms with Crippen LogP contribution in [0.25, 0.3) is 0 Å². The van der Waals surface area contributed by atoms with Crippen LogP contribution in [0.1, 0.15) is 19.8 Å². The Balaban J connectivity index is 2.24. The summed E-state index contributed by atoms with van der Waals surface area (Å²) in [6.07, 6.45) is 1.20. The Morgan fingerprint density at radius 2 is 2.43 bits per heavy atom. The molecular weight excluding hydrogens is 202 g/mol. The summed E-state index contributed by atoms with van der Waals surface area (Å²) in [6, 6.07) is -0.674. The highest BCUT2D eigenvalue weighted by Gasteiger charge is 2.53. The van der Waals surface area contributed by atoms with Crippen LogP contribution >= 0.6 is 11.8 Å². The minimum atomic E-state index is -0.898. The first-order chi connectivity index (χ1) is 6.53. The van der Waals surface area contributed by atoms with Crippen molar-refractivity contribution in [3.63, 3.8) is 0 Å². The van der Waals surface area contributed by atoms with E-state index in [1.165, 1.54) is 0 Å². The molecule has 0 aromatic rings. The SMILES string of the molecule is CC1CC2(CS1)CC(=O)NC2C(=O)O. The van der Waals surface area contributed by atoms with E-state index in [-0.39, 0.29) is 11.3 Å². The maximum Gasteiger partial charge on any atom is 0.326 e. The Hall–Kier alpha value is -0.710. The van der Waals surface area contributed by atoms with E-state index in [2.05, 4.69) is 12.2 Å². The molecule has 4 nitrogen and oxygen atoms in total. The standard InChI is InChI=1S/C9H13NO3S/c1-5-2-9(4-14-5)3-6(11)10-7(9)8(12)13/h5,7H,2-4H2,1H3,(H,10,11)(H,12,13). The number of nitrogens with one attached hydrogen (secondary N) is 1. The van der Waals surface area contributed by atoms with Gasteiger partial charge in [0.25, 0.3) is 0 Å². The van der Waals surface area contributed by atoms with E-state index in [0.29, 0.717) is 11.7 Å². The first-order valence-corrected chi connectivity index (χ1v) is 5.72. The van der Waals surface area contributed by atoms with Crippen LogP contribution in [-0.2, 0) is 9.59 Å². The highest BCUT2D eigenvalue weighted by atomic mass is 32.2. The van der Waals surface area contributed by atoms with Gasteiger partial charge in [-0.3, -0.25) is 4.79 Å². The van der Waals surface area contributed by atoms with Gasteiger partial charge in [-0.15, -0.1) is 0 Å². The van der Waals surface area contributed by atoms with Crippen molar-refractivity contribution in [2.24, 2.45) is 5.41 Å². The predicted molar refractivity (Wildman–Crippen MR) is 53.2 cm³/mol. The van der Waals surface area contributed by atoms with E-state index in [1.54, 1.807) is 11.8 Å². The third-order valence-corrected chi connectivity index (χ3v) is 4.50. The molecule has 1 spiro atoms. The molecule has 2 rings (SSSR count). The van der Waals surface area contributed by atoms with Crippen molar-refractivity contribution < 1.29 is 14.7 Å². The Kier molecular flexibility index (Phi) is 2.21. The minimum Gasteiger partial charge on any atom is -0.480 e. The molecule has 78 valence electrons. The van der Waals surface area contributed by atoms with Gasteiger partial charge in [-0.25, -0.2) is 4.79 Å². The summed E-state index contributed by atoms with van der Waals surface area (Å²) in [5.41, 5.74) is -0.326. The van der Waals surface area contributed by atoms with Crippen molar-refractivity contribution in [2.45, 2.75) is 31.1 Å². The molecule has 0 aromatic heterocycles. The topological polar surface area (TPSA) is 66.4 Å². The third kappa shape index (κ3) is 1.39. The van der Waals surface area contributed by atoms with Crippen molar-refractivity contribution in [3.8, 4) is 0 Å². The number of hydrogen-bond donors (Lipinski definition) is 2. The van der Waals surface area contributed by atoms with Crippen molar-refractivity contribution in [2.75, 3.05) is 5.75 Å². The van der Waals surface area contributed by atoms with Gasteiger partial charge in [0.05, 0.1) is 0 Å². The van der Waals surface area contributed by atoms with Crippen LogP contribution in [-0.4, -0.2) is 34.0 Å². The molecule has 0 aliphatic carbocycles. The largest absolute Gasteiger partial charge is 0.480 e. The van der Waals surface area contributed by atoms with Crippen molar-refractivity contribution in [3.05, 3.63) is 0 Å². The number of aliphatic carboxylic acids is 1. The predicted octanol–water partition coefficient (Wildman–Crippen LogP) is 0.471. The van der Waals surface area contributed by atoms with E-state index < -0.39 is 12.0 Å². The van der Waals surface area contributed by atoms with E-state index in [4.69, 9.17) is 5.11 Å². The van der Waals surface area contributed by atoms with Crippen LogP contribution < -0.4 is 5.32 Å². The number of carboxylic acids is 1. The maximum absolute atomic E-state index is 11.2. The van der Waals surface area contributed by atoms with Crippen molar-refractivity contribution >= 4 is 23.6 Å². The number of thioether (sulfide) groups is 1. The molecule has 3 unspecified atom stereocenters. The molecule has 2 saturated heterocycles. The molecule has 2 aliphatic rings. The Bertz CT molecular complexity index is 294. The number of carbonyl (C=O) groups is 2. The molecule has 1 amide bonds. The molecule has 0 aromatic carbocycles. The monoisotopic (exact) mass is 215 g/mol. The smallest absolute Gasteiger partial charge is 0.326 e. The van der Waals surface area contributed by atoms with Gasteiger partial charge in [0, 0.05) is 22.8 Å². The zero-order valence-electron chi connectivity index (χ0n) is 7.95. The molecule has 5 heteroatoms. The van der Waals surface area contributed by atoms with E-state index in [9.17, 15) is 9.59 Å². The second kappa shape index (κ2) is 3.15.